The summed E-state index contributed by atoms with van der Waals surface area (Å²) in [5, 5.41) is 0. The molecule has 1 amide bonds. The number of carbonyl (C=O) groups is 2. The lowest BCUT2D eigenvalue weighted by atomic mass is 9.61. The number of cyclic esters (lactones) is 1. The van der Waals surface area contributed by atoms with Crippen LogP contribution in [-0.2, 0) is 23.8 Å². The molecule has 3 fully saturated rings. The van der Waals surface area contributed by atoms with E-state index in [0.29, 0.717) is 19.6 Å². The molecule has 2 aromatic carbocycles. The molecule has 4 aliphatic rings. The van der Waals surface area contributed by atoms with Gasteiger partial charge >= 0.3 is 5.97 Å². The first-order valence-corrected chi connectivity index (χ1v) is 12.2. The van der Waals surface area contributed by atoms with Crippen LogP contribution in [0.5, 0.6) is 0 Å². The molecule has 0 aromatic heterocycles. The highest BCUT2D eigenvalue weighted by Gasteiger charge is 2.57. The lowest BCUT2D eigenvalue weighted by Gasteiger charge is -2.46. The van der Waals surface area contributed by atoms with Gasteiger partial charge in [-0.15, -0.1) is 0 Å². The SMILES string of the molecule is CC1OC(=O)[C@@H]2C=C3CC4(CC[C@@H]3[C@H](C(=O)N(c3ccccc3)c3ccccc3)[C@H]12)OCCO4. The maximum Gasteiger partial charge on any atom is 0.313 e. The van der Waals surface area contributed by atoms with Gasteiger partial charge in [0.15, 0.2) is 5.79 Å². The molecule has 0 radical (unpaired) electrons. The van der Waals surface area contributed by atoms with Crippen LogP contribution in [0.3, 0.4) is 0 Å². The van der Waals surface area contributed by atoms with Crippen LogP contribution in [0.15, 0.2) is 72.3 Å². The predicted octanol–water partition coefficient (Wildman–Crippen LogP) is 4.63. The van der Waals surface area contributed by atoms with Gasteiger partial charge in [0.05, 0.1) is 25.0 Å². The molecule has 6 nitrogen and oxygen atoms in total. The first-order valence-electron chi connectivity index (χ1n) is 12.2. The van der Waals surface area contributed by atoms with Gasteiger partial charge in [-0.1, -0.05) is 48.0 Å². The van der Waals surface area contributed by atoms with E-state index < -0.39 is 11.7 Å². The fraction of sp³-hybridized carbons (Fsp3) is 0.429. The van der Waals surface area contributed by atoms with Gasteiger partial charge in [-0.05, 0) is 43.5 Å². The van der Waals surface area contributed by atoms with Gasteiger partial charge in [-0.2, -0.15) is 0 Å². The highest BCUT2D eigenvalue weighted by Crippen LogP contribution is 2.54. The summed E-state index contributed by atoms with van der Waals surface area (Å²) in [6.45, 7) is 3.09. The summed E-state index contributed by atoms with van der Waals surface area (Å²) >= 11 is 0. The summed E-state index contributed by atoms with van der Waals surface area (Å²) in [6, 6.07) is 19.5. The third kappa shape index (κ3) is 3.48. The molecule has 34 heavy (non-hydrogen) atoms. The fourth-order valence-corrected chi connectivity index (χ4v) is 6.45. The van der Waals surface area contributed by atoms with Crippen molar-refractivity contribution in [3.63, 3.8) is 0 Å². The zero-order valence-electron chi connectivity index (χ0n) is 19.3. The fourth-order valence-electron chi connectivity index (χ4n) is 6.45. The molecule has 176 valence electrons. The number of fused-ring (bicyclic) bond motifs is 2. The average molecular weight is 460 g/mol. The van der Waals surface area contributed by atoms with E-state index in [1.807, 2.05) is 72.5 Å². The second kappa shape index (κ2) is 8.36. The minimum atomic E-state index is -0.616. The van der Waals surface area contributed by atoms with E-state index in [0.717, 1.165) is 29.8 Å². The molecule has 2 aliphatic carbocycles. The average Bonchev–Trinajstić information content (AvgIpc) is 3.42. The Bertz CT molecular complexity index is 1070. The lowest BCUT2D eigenvalue weighted by molar-refractivity contribution is -0.175. The molecule has 0 bridgehead atoms. The van der Waals surface area contributed by atoms with Crippen LogP contribution in [0, 0.1) is 23.7 Å². The molecular formula is C28H29NO5. The summed E-state index contributed by atoms with van der Waals surface area (Å²) in [6.07, 6.45) is 3.88. The van der Waals surface area contributed by atoms with E-state index in [1.165, 1.54) is 0 Å². The third-order valence-corrected chi connectivity index (χ3v) is 7.91. The van der Waals surface area contributed by atoms with Gasteiger partial charge in [0.1, 0.15) is 6.10 Å². The van der Waals surface area contributed by atoms with Crippen LogP contribution in [0.1, 0.15) is 26.2 Å². The summed E-state index contributed by atoms with van der Waals surface area (Å²) in [5.74, 6) is -1.79. The normalized spacial score (nSPS) is 31.4. The number of hydrogen-bond acceptors (Lipinski definition) is 5. The first kappa shape index (κ1) is 21.6. The Morgan fingerprint density at radius 3 is 2.21 bits per heavy atom. The maximum atomic E-state index is 14.5. The largest absolute Gasteiger partial charge is 0.462 e. The molecule has 1 unspecified atom stereocenters. The Morgan fingerprint density at radius 2 is 1.59 bits per heavy atom. The van der Waals surface area contributed by atoms with Crippen molar-refractivity contribution in [3.05, 3.63) is 72.3 Å². The van der Waals surface area contributed by atoms with Crippen molar-refractivity contribution in [2.45, 2.75) is 38.1 Å². The summed E-state index contributed by atoms with van der Waals surface area (Å²) in [5.41, 5.74) is 2.73. The monoisotopic (exact) mass is 459 g/mol. The molecule has 6 heteroatoms. The van der Waals surface area contributed by atoms with E-state index in [4.69, 9.17) is 14.2 Å². The number of anilines is 2. The molecule has 0 N–H and O–H groups in total. The Balaban J connectivity index is 1.43. The highest BCUT2D eigenvalue weighted by molar-refractivity contribution is 6.03. The number of para-hydroxylation sites is 2. The van der Waals surface area contributed by atoms with E-state index >= 15 is 0 Å². The zero-order valence-corrected chi connectivity index (χ0v) is 19.3. The van der Waals surface area contributed by atoms with E-state index in [2.05, 4.69) is 6.08 Å². The molecule has 5 atom stereocenters. The lowest BCUT2D eigenvalue weighted by Crippen LogP contribution is -2.50. The number of rotatable bonds is 3. The Hall–Kier alpha value is -2.96. The molecular weight excluding hydrogens is 430 g/mol. The second-order valence-corrected chi connectivity index (χ2v) is 9.79. The van der Waals surface area contributed by atoms with E-state index in [1.54, 1.807) is 0 Å². The molecule has 2 aromatic rings. The molecule has 1 saturated carbocycles. The summed E-state index contributed by atoms with van der Waals surface area (Å²) in [4.78, 5) is 29.2. The minimum absolute atomic E-state index is 0.0114. The van der Waals surface area contributed by atoms with Crippen molar-refractivity contribution >= 4 is 23.3 Å². The van der Waals surface area contributed by atoms with Crippen molar-refractivity contribution in [2.75, 3.05) is 18.1 Å². The Labute approximate surface area is 199 Å². The van der Waals surface area contributed by atoms with Gasteiger partial charge in [-0.25, -0.2) is 0 Å². The quantitative estimate of drug-likeness (QED) is 0.495. The third-order valence-electron chi connectivity index (χ3n) is 7.91. The Morgan fingerprint density at radius 1 is 0.971 bits per heavy atom. The van der Waals surface area contributed by atoms with Crippen molar-refractivity contribution in [1.29, 1.82) is 0 Å². The number of hydrogen-bond donors (Lipinski definition) is 0. The number of carbonyl (C=O) groups excluding carboxylic acids is 2. The molecule has 2 aliphatic heterocycles. The molecule has 1 spiro atoms. The van der Waals surface area contributed by atoms with Crippen molar-refractivity contribution in [1.82, 2.24) is 0 Å². The van der Waals surface area contributed by atoms with Crippen LogP contribution >= 0.6 is 0 Å². The van der Waals surface area contributed by atoms with E-state index in [-0.39, 0.29) is 35.7 Å². The van der Waals surface area contributed by atoms with Crippen molar-refractivity contribution in [3.8, 4) is 0 Å². The van der Waals surface area contributed by atoms with Crippen LogP contribution in [0.4, 0.5) is 11.4 Å². The maximum absolute atomic E-state index is 14.5. The summed E-state index contributed by atoms with van der Waals surface area (Å²) in [7, 11) is 0. The van der Waals surface area contributed by atoms with Crippen LogP contribution in [-0.4, -0.2) is 37.0 Å². The number of ether oxygens (including phenoxy) is 3. The van der Waals surface area contributed by atoms with Crippen molar-refractivity contribution < 1.29 is 23.8 Å². The van der Waals surface area contributed by atoms with Crippen LogP contribution < -0.4 is 4.90 Å². The highest BCUT2D eigenvalue weighted by atomic mass is 16.7. The topological polar surface area (TPSA) is 65.1 Å². The first-order chi connectivity index (χ1) is 16.6. The Kier molecular flexibility index (Phi) is 5.30. The second-order valence-electron chi connectivity index (χ2n) is 9.79. The van der Waals surface area contributed by atoms with Gasteiger partial charge in [0, 0.05) is 30.1 Å². The molecule has 6 rings (SSSR count). The molecule has 2 saturated heterocycles. The number of nitrogens with zero attached hydrogens (tertiary/aromatic N) is 1. The van der Waals surface area contributed by atoms with Gasteiger partial charge < -0.3 is 14.2 Å². The smallest absolute Gasteiger partial charge is 0.313 e. The standard InChI is InChI=1S/C28H29NO5/c1-18-24-23(27(31)34-18)16-19-17-28(32-14-15-33-28)13-12-22(19)25(24)26(30)29(20-8-4-2-5-9-20)21-10-6-3-7-11-21/h2-11,16,18,22-25H,12-15,17H2,1H3/t18?,22-,23+,24+,25-/m0/s1. The zero-order chi connectivity index (χ0) is 23.3. The number of benzene rings is 2. The van der Waals surface area contributed by atoms with E-state index in [9.17, 15) is 9.59 Å². The predicted molar refractivity (Wildman–Crippen MR) is 126 cm³/mol. The van der Waals surface area contributed by atoms with Gasteiger partial charge in [0.25, 0.3) is 0 Å². The number of esters is 1. The van der Waals surface area contributed by atoms with Crippen LogP contribution in [0.2, 0.25) is 0 Å². The molecule has 2 heterocycles. The van der Waals surface area contributed by atoms with Gasteiger partial charge in [-0.3, -0.25) is 14.5 Å². The van der Waals surface area contributed by atoms with Crippen molar-refractivity contribution in [2.24, 2.45) is 23.7 Å². The van der Waals surface area contributed by atoms with Gasteiger partial charge in [0.2, 0.25) is 5.91 Å². The number of amides is 1. The summed E-state index contributed by atoms with van der Waals surface area (Å²) < 4.78 is 17.7. The van der Waals surface area contributed by atoms with Crippen LogP contribution in [0.25, 0.3) is 0 Å². The minimum Gasteiger partial charge on any atom is -0.462 e.